The number of carbonyl (C=O) groups excluding carboxylic acids is 3. The lowest BCUT2D eigenvalue weighted by Gasteiger charge is -2.34. The Bertz CT molecular complexity index is 978. The van der Waals surface area contributed by atoms with Gasteiger partial charge in [0, 0.05) is 62.9 Å². The minimum atomic E-state index is -0.161. The number of benzene rings is 1. The number of aromatic nitrogens is 2. The van der Waals surface area contributed by atoms with Crippen molar-refractivity contribution < 1.29 is 19.1 Å². The summed E-state index contributed by atoms with van der Waals surface area (Å²) in [4.78, 5) is 42.7. The van der Waals surface area contributed by atoms with Crippen LogP contribution in [0, 0.1) is 0 Å². The van der Waals surface area contributed by atoms with Gasteiger partial charge in [-0.3, -0.25) is 19.5 Å². The molecule has 30 heavy (non-hydrogen) atoms. The van der Waals surface area contributed by atoms with Gasteiger partial charge in [-0.05, 0) is 18.2 Å². The first-order valence-electron chi connectivity index (χ1n) is 10.0. The molecule has 0 atom stereocenters. The molecular weight excluding hydrogens is 386 g/mol. The molecule has 2 aromatic rings. The Hall–Kier alpha value is -3.36. The summed E-state index contributed by atoms with van der Waals surface area (Å²) < 4.78 is 5.22. The molecule has 9 nitrogen and oxygen atoms in total. The van der Waals surface area contributed by atoms with E-state index in [1.54, 1.807) is 46.1 Å². The molecule has 0 saturated carbocycles. The monoisotopic (exact) mass is 411 g/mol. The molecule has 3 amide bonds. The van der Waals surface area contributed by atoms with E-state index < -0.39 is 0 Å². The lowest BCUT2D eigenvalue weighted by atomic mass is 10.0. The fourth-order valence-corrected chi connectivity index (χ4v) is 3.96. The van der Waals surface area contributed by atoms with Gasteiger partial charge in [-0.15, -0.1) is 0 Å². The van der Waals surface area contributed by atoms with Gasteiger partial charge >= 0.3 is 0 Å². The zero-order valence-corrected chi connectivity index (χ0v) is 17.2. The summed E-state index contributed by atoms with van der Waals surface area (Å²) in [7, 11) is 1.57. The van der Waals surface area contributed by atoms with Gasteiger partial charge in [0.15, 0.2) is 5.69 Å². The number of aromatic amines is 1. The van der Waals surface area contributed by atoms with Gasteiger partial charge in [0.1, 0.15) is 5.75 Å². The molecule has 1 aromatic heterocycles. The second kappa shape index (κ2) is 8.17. The molecule has 1 fully saturated rings. The Morgan fingerprint density at radius 1 is 1.00 bits per heavy atom. The molecule has 1 aromatic carbocycles. The van der Waals surface area contributed by atoms with Crippen molar-refractivity contribution in [1.29, 1.82) is 0 Å². The van der Waals surface area contributed by atoms with E-state index in [1.807, 2.05) is 0 Å². The van der Waals surface area contributed by atoms with Crippen LogP contribution in [-0.2, 0) is 17.8 Å². The molecule has 0 unspecified atom stereocenters. The Morgan fingerprint density at radius 3 is 2.43 bits per heavy atom. The van der Waals surface area contributed by atoms with Crippen molar-refractivity contribution in [1.82, 2.24) is 24.9 Å². The molecule has 9 heteroatoms. The van der Waals surface area contributed by atoms with Crippen LogP contribution in [0.4, 0.5) is 0 Å². The molecule has 2 aliphatic heterocycles. The second-order valence-corrected chi connectivity index (χ2v) is 7.54. The van der Waals surface area contributed by atoms with E-state index in [0.29, 0.717) is 62.7 Å². The van der Waals surface area contributed by atoms with E-state index in [9.17, 15) is 14.4 Å². The van der Waals surface area contributed by atoms with Gasteiger partial charge in [0.2, 0.25) is 5.91 Å². The van der Waals surface area contributed by atoms with E-state index in [1.165, 1.54) is 6.92 Å². The summed E-state index contributed by atoms with van der Waals surface area (Å²) in [5.41, 5.74) is 2.59. The molecule has 0 bridgehead atoms. The summed E-state index contributed by atoms with van der Waals surface area (Å²) in [5, 5.41) is 7.24. The summed E-state index contributed by atoms with van der Waals surface area (Å²) >= 11 is 0. The number of rotatable bonds is 3. The van der Waals surface area contributed by atoms with Crippen LogP contribution in [0.25, 0.3) is 0 Å². The first kappa shape index (κ1) is 19.9. The van der Waals surface area contributed by atoms with Crippen molar-refractivity contribution >= 4 is 17.7 Å². The zero-order chi connectivity index (χ0) is 21.3. The normalized spacial score (nSPS) is 16.3. The zero-order valence-electron chi connectivity index (χ0n) is 17.2. The van der Waals surface area contributed by atoms with Crippen molar-refractivity contribution in [2.75, 3.05) is 39.8 Å². The molecule has 0 aliphatic carbocycles. The SMILES string of the molecule is COc1cccc(C(=O)N2CCc3[nH]nc(C(=O)N4CCN(C(C)=O)CC4)c3C2)c1. The topological polar surface area (TPSA) is 98.8 Å². The number of methoxy groups -OCH3 is 1. The number of carbonyl (C=O) groups is 3. The van der Waals surface area contributed by atoms with Crippen molar-refractivity contribution in [2.45, 2.75) is 19.9 Å². The number of hydrogen-bond acceptors (Lipinski definition) is 5. The fraction of sp³-hybridized carbons (Fsp3) is 0.429. The molecular formula is C21H25N5O4. The molecule has 2 aliphatic rings. The Morgan fingerprint density at radius 2 is 1.73 bits per heavy atom. The van der Waals surface area contributed by atoms with Crippen LogP contribution in [0.1, 0.15) is 39.0 Å². The van der Waals surface area contributed by atoms with Crippen LogP contribution in [0.2, 0.25) is 0 Å². The number of amides is 3. The number of ether oxygens (including phenoxy) is 1. The number of fused-ring (bicyclic) bond motifs is 1. The molecule has 4 rings (SSSR count). The van der Waals surface area contributed by atoms with Crippen molar-refractivity contribution in [3.05, 3.63) is 46.8 Å². The Labute approximate surface area is 174 Å². The van der Waals surface area contributed by atoms with Gasteiger partial charge in [-0.1, -0.05) is 6.07 Å². The van der Waals surface area contributed by atoms with Crippen LogP contribution >= 0.6 is 0 Å². The molecule has 1 N–H and O–H groups in total. The number of hydrogen-bond donors (Lipinski definition) is 1. The minimum Gasteiger partial charge on any atom is -0.497 e. The van der Waals surface area contributed by atoms with Gasteiger partial charge in [-0.2, -0.15) is 5.10 Å². The van der Waals surface area contributed by atoms with Gasteiger partial charge in [0.25, 0.3) is 11.8 Å². The highest BCUT2D eigenvalue weighted by Crippen LogP contribution is 2.24. The number of H-pyrrole nitrogens is 1. The van der Waals surface area contributed by atoms with E-state index in [0.717, 1.165) is 11.3 Å². The highest BCUT2D eigenvalue weighted by Gasteiger charge is 2.31. The average Bonchev–Trinajstić information content (AvgIpc) is 3.21. The van der Waals surface area contributed by atoms with Crippen LogP contribution in [0.3, 0.4) is 0 Å². The molecule has 3 heterocycles. The number of piperazine rings is 1. The molecule has 1 saturated heterocycles. The minimum absolute atomic E-state index is 0.0194. The predicted octanol–water partition coefficient (Wildman–Crippen LogP) is 0.921. The summed E-state index contributed by atoms with van der Waals surface area (Å²) in [6, 6.07) is 7.06. The number of nitrogens with one attached hydrogen (secondary N) is 1. The third-order valence-electron chi connectivity index (χ3n) is 5.75. The van der Waals surface area contributed by atoms with Crippen molar-refractivity contribution in [2.24, 2.45) is 0 Å². The maximum absolute atomic E-state index is 13.1. The quantitative estimate of drug-likeness (QED) is 0.810. The van der Waals surface area contributed by atoms with Gasteiger partial charge in [-0.25, -0.2) is 0 Å². The molecule has 158 valence electrons. The standard InChI is InChI=1S/C21H25N5O4/c1-14(27)24-8-10-25(11-9-24)21(29)19-17-13-26(7-6-18(17)22-23-19)20(28)15-4-3-5-16(12-15)30-2/h3-5,12H,6-11,13H2,1-2H3,(H,22,23). The first-order chi connectivity index (χ1) is 14.5. The van der Waals surface area contributed by atoms with Crippen LogP contribution < -0.4 is 4.74 Å². The van der Waals surface area contributed by atoms with E-state index in [-0.39, 0.29) is 17.7 Å². The second-order valence-electron chi connectivity index (χ2n) is 7.54. The summed E-state index contributed by atoms with van der Waals surface area (Å²) in [6.45, 7) is 4.42. The van der Waals surface area contributed by atoms with E-state index in [4.69, 9.17) is 4.74 Å². The van der Waals surface area contributed by atoms with E-state index >= 15 is 0 Å². The first-order valence-corrected chi connectivity index (χ1v) is 10.0. The van der Waals surface area contributed by atoms with Crippen LogP contribution in [-0.4, -0.2) is 82.5 Å². The Balaban J connectivity index is 1.49. The summed E-state index contributed by atoms with van der Waals surface area (Å²) in [5.74, 6) is 0.383. The maximum atomic E-state index is 13.1. The lowest BCUT2D eigenvalue weighted by Crippen LogP contribution is -2.50. The van der Waals surface area contributed by atoms with Crippen molar-refractivity contribution in [3.63, 3.8) is 0 Å². The molecule has 0 spiro atoms. The number of nitrogens with zero attached hydrogens (tertiary/aromatic N) is 4. The highest BCUT2D eigenvalue weighted by molar-refractivity contribution is 5.96. The fourth-order valence-electron chi connectivity index (χ4n) is 3.96. The van der Waals surface area contributed by atoms with E-state index in [2.05, 4.69) is 10.2 Å². The summed E-state index contributed by atoms with van der Waals surface area (Å²) in [6.07, 6.45) is 0.615. The third kappa shape index (κ3) is 3.74. The highest BCUT2D eigenvalue weighted by atomic mass is 16.5. The maximum Gasteiger partial charge on any atom is 0.274 e. The van der Waals surface area contributed by atoms with Gasteiger partial charge in [0.05, 0.1) is 13.7 Å². The van der Waals surface area contributed by atoms with Crippen LogP contribution in [0.5, 0.6) is 5.75 Å². The smallest absolute Gasteiger partial charge is 0.274 e. The Kier molecular flexibility index (Phi) is 5.43. The van der Waals surface area contributed by atoms with Crippen molar-refractivity contribution in [3.8, 4) is 5.75 Å². The average molecular weight is 411 g/mol. The largest absolute Gasteiger partial charge is 0.497 e. The lowest BCUT2D eigenvalue weighted by molar-refractivity contribution is -0.130. The molecule has 0 radical (unpaired) electrons. The predicted molar refractivity (Wildman–Crippen MR) is 108 cm³/mol. The van der Waals surface area contributed by atoms with Gasteiger partial charge < -0.3 is 19.4 Å². The van der Waals surface area contributed by atoms with Crippen LogP contribution in [0.15, 0.2) is 24.3 Å². The third-order valence-corrected chi connectivity index (χ3v) is 5.75.